The molecule has 0 saturated carbocycles. The molecule has 1 N–H and O–H groups in total. The van der Waals surface area contributed by atoms with Crippen LogP contribution in [0, 0.1) is 5.82 Å². The summed E-state index contributed by atoms with van der Waals surface area (Å²) < 4.78 is 12.7. The molecule has 0 radical (unpaired) electrons. The van der Waals surface area contributed by atoms with Crippen molar-refractivity contribution in [3.63, 3.8) is 0 Å². The quantitative estimate of drug-likeness (QED) is 0.907. The van der Waals surface area contributed by atoms with Crippen LogP contribution in [0.3, 0.4) is 0 Å². The van der Waals surface area contributed by atoms with Gasteiger partial charge in [-0.25, -0.2) is 9.37 Å². The van der Waals surface area contributed by atoms with Crippen molar-refractivity contribution in [1.82, 2.24) is 15.3 Å². The van der Waals surface area contributed by atoms with Crippen molar-refractivity contribution in [3.8, 4) is 0 Å². The predicted molar refractivity (Wildman–Crippen MR) is 66.3 cm³/mol. The van der Waals surface area contributed by atoms with E-state index in [1.807, 2.05) is 12.3 Å². The van der Waals surface area contributed by atoms with Gasteiger partial charge in [0.05, 0.1) is 17.9 Å². The fraction of sp³-hybridized carbons (Fsp3) is 0.333. The molecule has 2 heterocycles. The van der Waals surface area contributed by atoms with E-state index in [1.54, 1.807) is 23.6 Å². The number of nitrogens with zero attached hydrogens (tertiary/aromatic N) is 2. The Morgan fingerprint density at radius 3 is 2.65 bits per heavy atom. The number of hydrogen-bond acceptors (Lipinski definition) is 4. The highest BCUT2D eigenvalue weighted by molar-refractivity contribution is 7.09. The van der Waals surface area contributed by atoms with Crippen molar-refractivity contribution in [2.45, 2.75) is 25.9 Å². The van der Waals surface area contributed by atoms with Gasteiger partial charge in [0.15, 0.2) is 0 Å². The highest BCUT2D eigenvalue weighted by Crippen LogP contribution is 2.19. The molecule has 0 aromatic carbocycles. The molecule has 2 atom stereocenters. The minimum absolute atomic E-state index is 0.0644. The highest BCUT2D eigenvalue weighted by atomic mass is 32.1. The first-order valence-corrected chi connectivity index (χ1v) is 6.31. The van der Waals surface area contributed by atoms with Gasteiger partial charge in [0.1, 0.15) is 10.8 Å². The first-order chi connectivity index (χ1) is 8.16. The highest BCUT2D eigenvalue weighted by Gasteiger charge is 2.13. The first kappa shape index (κ1) is 12.1. The molecule has 2 aromatic rings. The molecule has 0 saturated heterocycles. The van der Waals surface area contributed by atoms with Gasteiger partial charge in [-0.2, -0.15) is 0 Å². The molecule has 0 aliphatic carbocycles. The van der Waals surface area contributed by atoms with E-state index in [9.17, 15) is 4.39 Å². The lowest BCUT2D eigenvalue weighted by Gasteiger charge is -2.17. The molecule has 0 bridgehead atoms. The Balaban J connectivity index is 2.01. The van der Waals surface area contributed by atoms with E-state index in [0.29, 0.717) is 0 Å². The van der Waals surface area contributed by atoms with Crippen molar-refractivity contribution in [2.75, 3.05) is 0 Å². The second-order valence-corrected chi connectivity index (χ2v) is 4.81. The van der Waals surface area contributed by atoms with Crippen LogP contribution < -0.4 is 5.32 Å². The standard InChI is InChI=1S/C12H14FN3S/c1-8(11-4-3-10(13)7-15-11)16-9(2)12-14-5-6-17-12/h3-9,16H,1-2H3. The minimum atomic E-state index is -0.311. The average Bonchev–Trinajstić information content (AvgIpc) is 2.83. The number of pyridine rings is 1. The molecule has 90 valence electrons. The molecule has 17 heavy (non-hydrogen) atoms. The molecule has 0 spiro atoms. The number of hydrogen-bond donors (Lipinski definition) is 1. The van der Waals surface area contributed by atoms with E-state index in [4.69, 9.17) is 0 Å². The Kier molecular flexibility index (Phi) is 3.81. The Hall–Kier alpha value is -1.33. The Morgan fingerprint density at radius 1 is 1.24 bits per heavy atom. The summed E-state index contributed by atoms with van der Waals surface area (Å²) in [5.74, 6) is -0.311. The van der Waals surface area contributed by atoms with E-state index in [0.717, 1.165) is 10.7 Å². The molecule has 3 nitrogen and oxygen atoms in total. The van der Waals surface area contributed by atoms with Gasteiger partial charge in [0.25, 0.3) is 0 Å². The van der Waals surface area contributed by atoms with Gasteiger partial charge >= 0.3 is 0 Å². The molecule has 0 amide bonds. The Bertz CT molecular complexity index is 455. The smallest absolute Gasteiger partial charge is 0.141 e. The van der Waals surface area contributed by atoms with Crippen LogP contribution in [0.15, 0.2) is 29.9 Å². The number of rotatable bonds is 4. The predicted octanol–water partition coefficient (Wildman–Crippen LogP) is 3.09. The Morgan fingerprint density at radius 2 is 2.06 bits per heavy atom. The third-order valence-electron chi connectivity index (χ3n) is 2.52. The van der Waals surface area contributed by atoms with Crippen molar-refractivity contribution in [3.05, 3.63) is 46.4 Å². The summed E-state index contributed by atoms with van der Waals surface area (Å²) in [6.07, 6.45) is 3.03. The summed E-state index contributed by atoms with van der Waals surface area (Å²) in [5.41, 5.74) is 0.829. The van der Waals surface area contributed by atoms with Gasteiger partial charge in [0, 0.05) is 17.6 Å². The van der Waals surface area contributed by atoms with Gasteiger partial charge in [0.2, 0.25) is 0 Å². The molecule has 2 rings (SSSR count). The molecular weight excluding hydrogens is 237 g/mol. The molecule has 5 heteroatoms. The van der Waals surface area contributed by atoms with Gasteiger partial charge in [-0.15, -0.1) is 11.3 Å². The van der Waals surface area contributed by atoms with Crippen LogP contribution in [0.5, 0.6) is 0 Å². The molecular formula is C12H14FN3S. The lowest BCUT2D eigenvalue weighted by Crippen LogP contribution is -2.23. The second kappa shape index (κ2) is 5.33. The maximum absolute atomic E-state index is 12.7. The molecule has 0 fully saturated rings. The van der Waals surface area contributed by atoms with Crippen LogP contribution >= 0.6 is 11.3 Å². The van der Waals surface area contributed by atoms with Crippen molar-refractivity contribution >= 4 is 11.3 Å². The fourth-order valence-electron chi connectivity index (χ4n) is 1.62. The largest absolute Gasteiger partial charge is 0.300 e. The monoisotopic (exact) mass is 251 g/mol. The zero-order chi connectivity index (χ0) is 12.3. The van der Waals surface area contributed by atoms with E-state index in [1.165, 1.54) is 12.3 Å². The van der Waals surface area contributed by atoms with Gasteiger partial charge in [-0.1, -0.05) is 0 Å². The molecule has 0 aliphatic heterocycles. The minimum Gasteiger partial charge on any atom is -0.300 e. The van der Waals surface area contributed by atoms with E-state index in [-0.39, 0.29) is 17.9 Å². The molecule has 0 aliphatic rings. The normalized spacial score (nSPS) is 14.5. The zero-order valence-corrected chi connectivity index (χ0v) is 10.5. The van der Waals surface area contributed by atoms with Crippen LogP contribution in [0.25, 0.3) is 0 Å². The molecule has 2 unspecified atom stereocenters. The summed E-state index contributed by atoms with van der Waals surface area (Å²) in [6.45, 7) is 4.06. The third kappa shape index (κ3) is 3.08. The fourth-order valence-corrected chi connectivity index (χ4v) is 2.28. The van der Waals surface area contributed by atoms with Crippen LogP contribution in [0.1, 0.15) is 36.6 Å². The van der Waals surface area contributed by atoms with Crippen LogP contribution in [0.2, 0.25) is 0 Å². The Labute approximate surface area is 104 Å². The zero-order valence-electron chi connectivity index (χ0n) is 9.72. The van der Waals surface area contributed by atoms with Gasteiger partial charge in [-0.05, 0) is 26.0 Å². The van der Waals surface area contributed by atoms with E-state index >= 15 is 0 Å². The number of thiazole rings is 1. The summed E-state index contributed by atoms with van der Waals surface area (Å²) in [7, 11) is 0. The second-order valence-electron chi connectivity index (χ2n) is 3.88. The van der Waals surface area contributed by atoms with Crippen LogP contribution in [-0.4, -0.2) is 9.97 Å². The van der Waals surface area contributed by atoms with Crippen molar-refractivity contribution < 1.29 is 4.39 Å². The maximum Gasteiger partial charge on any atom is 0.141 e. The molecule has 2 aromatic heterocycles. The van der Waals surface area contributed by atoms with Crippen LogP contribution in [0.4, 0.5) is 4.39 Å². The van der Waals surface area contributed by atoms with Gasteiger partial charge in [-0.3, -0.25) is 4.98 Å². The summed E-state index contributed by atoms with van der Waals surface area (Å²) in [6, 6.07) is 3.35. The summed E-state index contributed by atoms with van der Waals surface area (Å²) >= 11 is 1.62. The topological polar surface area (TPSA) is 37.8 Å². The third-order valence-corrected chi connectivity index (χ3v) is 3.47. The van der Waals surface area contributed by atoms with E-state index < -0.39 is 0 Å². The van der Waals surface area contributed by atoms with Crippen molar-refractivity contribution in [1.29, 1.82) is 0 Å². The number of aromatic nitrogens is 2. The number of nitrogens with one attached hydrogen (secondary N) is 1. The van der Waals surface area contributed by atoms with Crippen molar-refractivity contribution in [2.24, 2.45) is 0 Å². The summed E-state index contributed by atoms with van der Waals surface area (Å²) in [4.78, 5) is 8.31. The average molecular weight is 251 g/mol. The summed E-state index contributed by atoms with van der Waals surface area (Å²) in [5, 5.41) is 6.37. The van der Waals surface area contributed by atoms with E-state index in [2.05, 4.69) is 22.2 Å². The first-order valence-electron chi connectivity index (χ1n) is 5.43. The lowest BCUT2D eigenvalue weighted by molar-refractivity contribution is 0.483. The maximum atomic E-state index is 12.7. The number of halogens is 1. The van der Waals surface area contributed by atoms with Crippen LogP contribution in [-0.2, 0) is 0 Å². The lowest BCUT2D eigenvalue weighted by atomic mass is 10.2. The SMILES string of the molecule is CC(NC(C)c1nccs1)c1ccc(F)cn1. The van der Waals surface area contributed by atoms with Gasteiger partial charge < -0.3 is 5.32 Å².